The maximum atomic E-state index is 13.2. The van der Waals surface area contributed by atoms with Gasteiger partial charge < -0.3 is 19.3 Å². The molecule has 0 unspecified atom stereocenters. The molecule has 226 valence electrons. The van der Waals surface area contributed by atoms with Gasteiger partial charge in [0.25, 0.3) is 0 Å². The number of hydrogen-bond donors (Lipinski definition) is 1. The number of imide groups is 3. The zero-order chi connectivity index (χ0) is 31.3. The van der Waals surface area contributed by atoms with Crippen LogP contribution in [0.15, 0.2) is 24.3 Å². The Hall–Kier alpha value is -4.16. The SMILES string of the molecule is CC(C)(C)OC(=O)N(C(=O)CCCCN(C(=O)OC(C)(C)C)c1nc2ccccc2n1C(=O)O)C(=O)OC(C)(C)C. The molecule has 0 bridgehead atoms. The van der Waals surface area contributed by atoms with Crippen LogP contribution in [0.2, 0.25) is 0 Å². The molecule has 1 aromatic heterocycles. The van der Waals surface area contributed by atoms with Gasteiger partial charge in [0.15, 0.2) is 0 Å². The Morgan fingerprint density at radius 3 is 1.76 bits per heavy atom. The molecular weight excluding hydrogens is 536 g/mol. The third-order valence-corrected chi connectivity index (χ3v) is 5.01. The van der Waals surface area contributed by atoms with Crippen molar-refractivity contribution < 1.29 is 43.3 Å². The Labute approximate surface area is 239 Å². The molecule has 0 saturated heterocycles. The lowest BCUT2D eigenvalue weighted by molar-refractivity contribution is -0.129. The van der Waals surface area contributed by atoms with Crippen molar-refractivity contribution in [2.24, 2.45) is 0 Å². The van der Waals surface area contributed by atoms with E-state index in [1.54, 1.807) is 86.6 Å². The van der Waals surface area contributed by atoms with E-state index in [1.165, 1.54) is 0 Å². The van der Waals surface area contributed by atoms with Gasteiger partial charge in [-0.1, -0.05) is 12.1 Å². The highest BCUT2D eigenvalue weighted by Crippen LogP contribution is 2.25. The lowest BCUT2D eigenvalue weighted by Gasteiger charge is -2.28. The standard InChI is InChI=1S/C28H40N4O9/c1-26(2,3)39-23(36)30(21-29-18-14-10-11-15-19(18)31(21)22(34)35)17-13-12-16-20(33)32(24(37)40-27(4,5)6)25(38)41-28(7,8)9/h10-11,14-15H,12-13,16-17H2,1-9H3,(H,34,35). The first-order chi connectivity index (χ1) is 18.7. The summed E-state index contributed by atoms with van der Waals surface area (Å²) in [5.41, 5.74) is -2.18. The molecule has 1 N–H and O–H groups in total. The number of benzene rings is 1. The van der Waals surface area contributed by atoms with Crippen LogP contribution in [0.4, 0.5) is 25.1 Å². The number of nitrogens with zero attached hydrogens (tertiary/aromatic N) is 4. The zero-order valence-corrected chi connectivity index (χ0v) is 25.1. The smallest absolute Gasteiger partial charge is 0.426 e. The molecule has 0 aliphatic heterocycles. The molecule has 0 aliphatic carbocycles. The topological polar surface area (TPSA) is 158 Å². The summed E-state index contributed by atoms with van der Waals surface area (Å²) < 4.78 is 16.8. The molecule has 0 aliphatic rings. The van der Waals surface area contributed by atoms with Gasteiger partial charge in [0, 0.05) is 13.0 Å². The molecule has 1 heterocycles. The van der Waals surface area contributed by atoms with E-state index in [1.807, 2.05) is 0 Å². The van der Waals surface area contributed by atoms with Gasteiger partial charge in [0.2, 0.25) is 11.9 Å². The van der Waals surface area contributed by atoms with E-state index in [4.69, 9.17) is 14.2 Å². The average Bonchev–Trinajstić information content (AvgIpc) is 3.14. The number of hydrogen-bond acceptors (Lipinski definition) is 9. The van der Waals surface area contributed by atoms with Gasteiger partial charge in [-0.05, 0) is 87.3 Å². The van der Waals surface area contributed by atoms with Gasteiger partial charge in [0.05, 0.1) is 11.0 Å². The van der Waals surface area contributed by atoms with Gasteiger partial charge >= 0.3 is 24.4 Å². The van der Waals surface area contributed by atoms with Crippen molar-refractivity contribution in [1.29, 1.82) is 0 Å². The molecule has 41 heavy (non-hydrogen) atoms. The molecule has 0 atom stereocenters. The second-order valence-corrected chi connectivity index (χ2v) is 12.3. The first-order valence-corrected chi connectivity index (χ1v) is 13.2. The average molecular weight is 577 g/mol. The molecule has 0 saturated carbocycles. The van der Waals surface area contributed by atoms with Crippen molar-refractivity contribution in [3.05, 3.63) is 24.3 Å². The van der Waals surface area contributed by atoms with Crippen LogP contribution in [0, 0.1) is 0 Å². The van der Waals surface area contributed by atoms with Gasteiger partial charge in [-0.3, -0.25) is 4.79 Å². The minimum absolute atomic E-state index is 0.0718. The normalized spacial score (nSPS) is 12.0. The van der Waals surface area contributed by atoms with Crippen LogP contribution >= 0.6 is 0 Å². The molecule has 13 heteroatoms. The van der Waals surface area contributed by atoms with Crippen LogP contribution in [0.3, 0.4) is 0 Å². The van der Waals surface area contributed by atoms with Crippen molar-refractivity contribution in [2.75, 3.05) is 11.4 Å². The van der Waals surface area contributed by atoms with Crippen molar-refractivity contribution in [1.82, 2.24) is 14.5 Å². The Bertz CT molecular complexity index is 1270. The van der Waals surface area contributed by atoms with E-state index in [0.29, 0.717) is 10.4 Å². The number of imidazole rings is 1. The summed E-state index contributed by atoms with van der Waals surface area (Å²) in [7, 11) is 0. The number of carbonyl (C=O) groups excluding carboxylic acids is 4. The van der Waals surface area contributed by atoms with Crippen molar-refractivity contribution in [3.63, 3.8) is 0 Å². The van der Waals surface area contributed by atoms with Crippen LogP contribution in [-0.2, 0) is 19.0 Å². The molecular formula is C28H40N4O9. The lowest BCUT2D eigenvalue weighted by Crippen LogP contribution is -2.46. The van der Waals surface area contributed by atoms with E-state index in [0.717, 1.165) is 9.47 Å². The van der Waals surface area contributed by atoms with E-state index < -0.39 is 47.1 Å². The molecule has 0 fully saturated rings. The number of para-hydroxylation sites is 2. The quantitative estimate of drug-likeness (QED) is 0.311. The van der Waals surface area contributed by atoms with Gasteiger partial charge in [0.1, 0.15) is 16.8 Å². The maximum absolute atomic E-state index is 13.2. The predicted molar refractivity (Wildman–Crippen MR) is 150 cm³/mol. The van der Waals surface area contributed by atoms with Crippen molar-refractivity contribution in [2.45, 2.75) is 98.4 Å². The highest BCUT2D eigenvalue weighted by atomic mass is 16.6. The molecule has 2 aromatic rings. The molecule has 13 nitrogen and oxygen atoms in total. The monoisotopic (exact) mass is 576 g/mol. The first-order valence-electron chi connectivity index (χ1n) is 13.2. The predicted octanol–water partition coefficient (Wildman–Crippen LogP) is 6.17. The van der Waals surface area contributed by atoms with Crippen LogP contribution < -0.4 is 4.90 Å². The number of unbranched alkanes of at least 4 members (excludes halogenated alkanes) is 1. The lowest BCUT2D eigenvalue weighted by atomic mass is 10.2. The van der Waals surface area contributed by atoms with E-state index in [2.05, 4.69) is 4.98 Å². The fourth-order valence-corrected chi connectivity index (χ4v) is 3.52. The summed E-state index contributed by atoms with van der Waals surface area (Å²) in [6.45, 7) is 14.5. The number of ether oxygens (including phenoxy) is 3. The second kappa shape index (κ2) is 12.6. The Kier molecular flexibility index (Phi) is 10.1. The number of carbonyl (C=O) groups is 5. The summed E-state index contributed by atoms with van der Waals surface area (Å²) >= 11 is 0. The third kappa shape index (κ3) is 9.76. The number of anilines is 1. The number of fused-ring (bicyclic) bond motifs is 1. The van der Waals surface area contributed by atoms with Crippen molar-refractivity contribution in [3.8, 4) is 0 Å². The Morgan fingerprint density at radius 2 is 1.27 bits per heavy atom. The van der Waals surface area contributed by atoms with Crippen LogP contribution in [0.1, 0.15) is 81.6 Å². The third-order valence-electron chi connectivity index (χ3n) is 5.01. The largest absolute Gasteiger partial charge is 0.464 e. The molecule has 0 spiro atoms. The Balaban J connectivity index is 2.27. The van der Waals surface area contributed by atoms with Gasteiger partial charge in [-0.25, -0.2) is 33.6 Å². The molecule has 0 radical (unpaired) electrons. The zero-order valence-electron chi connectivity index (χ0n) is 25.1. The van der Waals surface area contributed by atoms with Crippen molar-refractivity contribution >= 4 is 47.3 Å². The van der Waals surface area contributed by atoms with Gasteiger partial charge in [-0.2, -0.15) is 0 Å². The highest BCUT2D eigenvalue weighted by Gasteiger charge is 2.36. The molecule has 2 rings (SSSR count). The fourth-order valence-electron chi connectivity index (χ4n) is 3.52. The number of carboxylic acid groups (broad SMARTS) is 1. The Morgan fingerprint density at radius 1 is 0.780 bits per heavy atom. The number of aromatic nitrogens is 2. The summed E-state index contributed by atoms with van der Waals surface area (Å²) in [5.74, 6) is -1.02. The molecule has 4 amide bonds. The maximum Gasteiger partial charge on any atom is 0.426 e. The summed E-state index contributed by atoms with van der Waals surface area (Å²) in [6, 6.07) is 6.52. The van der Waals surface area contributed by atoms with E-state index in [-0.39, 0.29) is 37.3 Å². The highest BCUT2D eigenvalue weighted by molar-refractivity contribution is 6.06. The number of rotatable bonds is 6. The summed E-state index contributed by atoms with van der Waals surface area (Å²) in [4.78, 5) is 69.5. The molecule has 1 aromatic carbocycles. The van der Waals surface area contributed by atoms with Crippen LogP contribution in [0.25, 0.3) is 11.0 Å². The van der Waals surface area contributed by atoms with Crippen LogP contribution in [-0.4, -0.2) is 73.2 Å². The second-order valence-electron chi connectivity index (χ2n) is 12.3. The number of amides is 4. The summed E-state index contributed by atoms with van der Waals surface area (Å²) in [6.07, 6.45) is -4.48. The summed E-state index contributed by atoms with van der Waals surface area (Å²) in [5, 5.41) is 9.89. The fraction of sp³-hybridized carbons (Fsp3) is 0.571. The minimum Gasteiger partial charge on any atom is -0.464 e. The van der Waals surface area contributed by atoms with E-state index >= 15 is 0 Å². The van der Waals surface area contributed by atoms with Gasteiger partial charge in [-0.15, -0.1) is 4.90 Å². The minimum atomic E-state index is -1.34. The van der Waals surface area contributed by atoms with Crippen LogP contribution in [0.5, 0.6) is 0 Å². The first kappa shape index (κ1) is 33.0. The van der Waals surface area contributed by atoms with E-state index in [9.17, 15) is 29.1 Å².